The molecule has 1 amide bonds. The highest BCUT2D eigenvalue weighted by Gasteiger charge is 2.27. The van der Waals surface area contributed by atoms with Gasteiger partial charge in [0, 0.05) is 39.0 Å². The number of ether oxygens (including phenoxy) is 1. The number of para-hydroxylation sites is 1. The standard InChI is InChI=1S/C25H25FN6O2/c1-17-23(25(33)31-14-12-30(13-15-31)20-6-4-3-5-7-20)27-28-24-22(18-8-10-19(26)11-9-18)21(16-34-2)29-32(17)24/h3-11H,12-16H2,1-2H3. The molecule has 1 saturated heterocycles. The first kappa shape index (κ1) is 22.0. The zero-order chi connectivity index (χ0) is 23.7. The van der Waals surface area contributed by atoms with Gasteiger partial charge >= 0.3 is 0 Å². The van der Waals surface area contributed by atoms with E-state index in [9.17, 15) is 9.18 Å². The van der Waals surface area contributed by atoms with Crippen molar-refractivity contribution in [3.63, 3.8) is 0 Å². The molecule has 34 heavy (non-hydrogen) atoms. The molecule has 5 rings (SSSR count). The lowest BCUT2D eigenvalue weighted by Gasteiger charge is -2.36. The highest BCUT2D eigenvalue weighted by Crippen LogP contribution is 2.29. The molecule has 4 aromatic rings. The van der Waals surface area contributed by atoms with E-state index in [-0.39, 0.29) is 24.0 Å². The molecule has 8 nitrogen and oxygen atoms in total. The Hall–Kier alpha value is -3.85. The number of rotatable bonds is 5. The van der Waals surface area contributed by atoms with E-state index < -0.39 is 0 Å². The van der Waals surface area contributed by atoms with Crippen molar-refractivity contribution >= 4 is 17.2 Å². The fourth-order valence-corrected chi connectivity index (χ4v) is 4.35. The first-order chi connectivity index (χ1) is 16.6. The number of aromatic nitrogens is 4. The molecular weight excluding hydrogens is 435 g/mol. The van der Waals surface area contributed by atoms with Gasteiger partial charge in [-0.05, 0) is 36.8 Å². The molecule has 0 radical (unpaired) electrons. The average Bonchev–Trinajstić information content (AvgIpc) is 3.24. The lowest BCUT2D eigenvalue weighted by molar-refractivity contribution is 0.0738. The molecule has 0 aliphatic carbocycles. The van der Waals surface area contributed by atoms with Gasteiger partial charge in [-0.2, -0.15) is 5.10 Å². The fourth-order valence-electron chi connectivity index (χ4n) is 4.35. The topological polar surface area (TPSA) is 75.9 Å². The number of methoxy groups -OCH3 is 1. The molecular formula is C25H25FN6O2. The van der Waals surface area contributed by atoms with Crippen molar-refractivity contribution in [1.29, 1.82) is 0 Å². The van der Waals surface area contributed by atoms with Gasteiger partial charge in [0.05, 0.1) is 23.6 Å². The number of piperazine rings is 1. The quantitative estimate of drug-likeness (QED) is 0.455. The first-order valence-corrected chi connectivity index (χ1v) is 11.2. The Labute approximate surface area is 196 Å². The number of halogens is 1. The smallest absolute Gasteiger partial charge is 0.276 e. The maximum absolute atomic E-state index is 13.5. The summed E-state index contributed by atoms with van der Waals surface area (Å²) in [6.45, 7) is 4.76. The first-order valence-electron chi connectivity index (χ1n) is 11.2. The van der Waals surface area contributed by atoms with Gasteiger partial charge in [-0.15, -0.1) is 10.2 Å². The number of carbonyl (C=O) groups excluding carboxylic acids is 1. The van der Waals surface area contributed by atoms with Crippen molar-refractivity contribution in [2.75, 3.05) is 38.2 Å². The molecule has 0 bridgehead atoms. The van der Waals surface area contributed by atoms with Crippen LogP contribution in [0.5, 0.6) is 0 Å². The number of aryl methyl sites for hydroxylation is 1. The maximum atomic E-state index is 13.5. The third kappa shape index (κ3) is 3.99. The average molecular weight is 461 g/mol. The monoisotopic (exact) mass is 460 g/mol. The fraction of sp³-hybridized carbons (Fsp3) is 0.280. The summed E-state index contributed by atoms with van der Waals surface area (Å²) < 4.78 is 20.4. The molecule has 2 aromatic carbocycles. The zero-order valence-electron chi connectivity index (χ0n) is 19.1. The molecule has 0 saturated carbocycles. The summed E-state index contributed by atoms with van der Waals surface area (Å²) in [5, 5.41) is 13.3. The lowest BCUT2D eigenvalue weighted by Crippen LogP contribution is -2.49. The van der Waals surface area contributed by atoms with Crippen LogP contribution in [-0.4, -0.2) is 63.9 Å². The van der Waals surface area contributed by atoms with Gasteiger partial charge in [0.2, 0.25) is 0 Å². The van der Waals surface area contributed by atoms with E-state index in [1.807, 2.05) is 30.0 Å². The van der Waals surface area contributed by atoms with E-state index in [1.54, 1.807) is 23.8 Å². The highest BCUT2D eigenvalue weighted by atomic mass is 19.1. The van der Waals surface area contributed by atoms with E-state index >= 15 is 0 Å². The van der Waals surface area contributed by atoms with Crippen LogP contribution in [0.2, 0.25) is 0 Å². The Morgan fingerprint density at radius 1 is 1.00 bits per heavy atom. The molecule has 0 spiro atoms. The number of benzene rings is 2. The number of nitrogens with zero attached hydrogens (tertiary/aromatic N) is 6. The number of anilines is 1. The molecule has 3 heterocycles. The van der Waals surface area contributed by atoms with E-state index in [2.05, 4.69) is 32.3 Å². The van der Waals surface area contributed by atoms with Gasteiger partial charge in [-0.3, -0.25) is 4.79 Å². The van der Waals surface area contributed by atoms with Crippen molar-refractivity contribution in [3.8, 4) is 11.1 Å². The van der Waals surface area contributed by atoms with E-state index in [4.69, 9.17) is 4.74 Å². The summed E-state index contributed by atoms with van der Waals surface area (Å²) in [5.74, 6) is -0.484. The SMILES string of the molecule is COCc1nn2c(C)c(C(=O)N3CCN(c4ccccc4)CC3)nnc2c1-c1ccc(F)cc1. The number of carbonyl (C=O) groups is 1. The van der Waals surface area contributed by atoms with Gasteiger partial charge in [0.15, 0.2) is 11.3 Å². The summed E-state index contributed by atoms with van der Waals surface area (Å²) in [6.07, 6.45) is 0. The van der Waals surface area contributed by atoms with Crippen LogP contribution in [0.4, 0.5) is 10.1 Å². The molecule has 0 N–H and O–H groups in total. The van der Waals surface area contributed by atoms with Crippen LogP contribution < -0.4 is 4.90 Å². The number of hydrogen-bond acceptors (Lipinski definition) is 6. The molecule has 2 aromatic heterocycles. The Bertz CT molecular complexity index is 1320. The Morgan fingerprint density at radius 2 is 1.71 bits per heavy atom. The summed E-state index contributed by atoms with van der Waals surface area (Å²) in [7, 11) is 1.58. The zero-order valence-corrected chi connectivity index (χ0v) is 19.1. The van der Waals surface area contributed by atoms with Crippen molar-refractivity contribution < 1.29 is 13.9 Å². The lowest BCUT2D eigenvalue weighted by atomic mass is 10.1. The van der Waals surface area contributed by atoms with E-state index in [0.29, 0.717) is 35.7 Å². The Balaban J connectivity index is 1.44. The summed E-state index contributed by atoms with van der Waals surface area (Å²) in [6, 6.07) is 16.3. The minimum absolute atomic E-state index is 0.160. The predicted molar refractivity (Wildman–Crippen MR) is 126 cm³/mol. The van der Waals surface area contributed by atoms with E-state index in [0.717, 1.165) is 24.3 Å². The van der Waals surface area contributed by atoms with Crippen LogP contribution in [0.3, 0.4) is 0 Å². The molecule has 174 valence electrons. The van der Waals surface area contributed by atoms with Crippen LogP contribution in [0.25, 0.3) is 16.8 Å². The third-order valence-electron chi connectivity index (χ3n) is 6.14. The maximum Gasteiger partial charge on any atom is 0.276 e. The van der Waals surface area contributed by atoms with Crippen molar-refractivity contribution in [2.45, 2.75) is 13.5 Å². The second-order valence-electron chi connectivity index (χ2n) is 8.25. The summed E-state index contributed by atoms with van der Waals surface area (Å²) >= 11 is 0. The highest BCUT2D eigenvalue weighted by molar-refractivity contribution is 5.94. The number of hydrogen-bond donors (Lipinski definition) is 0. The minimum atomic E-state index is -0.323. The van der Waals surface area contributed by atoms with Crippen LogP contribution in [0.1, 0.15) is 21.9 Å². The summed E-state index contributed by atoms with van der Waals surface area (Å²) in [4.78, 5) is 17.4. The van der Waals surface area contributed by atoms with Gasteiger partial charge < -0.3 is 14.5 Å². The van der Waals surface area contributed by atoms with Gasteiger partial charge in [-0.25, -0.2) is 8.91 Å². The van der Waals surface area contributed by atoms with Crippen LogP contribution >= 0.6 is 0 Å². The second kappa shape index (κ2) is 9.18. The normalized spacial score (nSPS) is 14.1. The van der Waals surface area contributed by atoms with Gasteiger partial charge in [0.25, 0.3) is 5.91 Å². The minimum Gasteiger partial charge on any atom is -0.378 e. The van der Waals surface area contributed by atoms with Crippen molar-refractivity contribution in [1.82, 2.24) is 24.7 Å². The predicted octanol–water partition coefficient (Wildman–Crippen LogP) is 3.35. The van der Waals surface area contributed by atoms with Crippen molar-refractivity contribution in [3.05, 3.63) is 77.5 Å². The van der Waals surface area contributed by atoms with Gasteiger partial charge in [-0.1, -0.05) is 30.3 Å². The van der Waals surface area contributed by atoms with Gasteiger partial charge in [0.1, 0.15) is 5.82 Å². The largest absolute Gasteiger partial charge is 0.378 e. The molecule has 0 unspecified atom stereocenters. The second-order valence-corrected chi connectivity index (χ2v) is 8.25. The van der Waals surface area contributed by atoms with E-state index in [1.165, 1.54) is 12.1 Å². The molecule has 9 heteroatoms. The summed E-state index contributed by atoms with van der Waals surface area (Å²) in [5.41, 5.74) is 4.65. The third-order valence-corrected chi connectivity index (χ3v) is 6.14. The van der Waals surface area contributed by atoms with Crippen molar-refractivity contribution in [2.24, 2.45) is 0 Å². The molecule has 1 aliphatic rings. The van der Waals surface area contributed by atoms with Crippen LogP contribution in [0, 0.1) is 12.7 Å². The number of fused-ring (bicyclic) bond motifs is 1. The molecule has 0 atom stereocenters. The number of amides is 1. The molecule has 1 fully saturated rings. The molecule has 1 aliphatic heterocycles. The Kier molecular flexibility index (Phi) is 5.93. The van der Waals surface area contributed by atoms with Crippen LogP contribution in [0.15, 0.2) is 54.6 Å². The Morgan fingerprint density at radius 3 is 2.38 bits per heavy atom. The van der Waals surface area contributed by atoms with Crippen LogP contribution in [-0.2, 0) is 11.3 Å².